The van der Waals surface area contributed by atoms with E-state index in [2.05, 4.69) is 10.6 Å². The molecule has 1 saturated heterocycles. The summed E-state index contributed by atoms with van der Waals surface area (Å²) in [6.07, 6.45) is 1.49. The second-order valence-corrected chi connectivity index (χ2v) is 3.62. The molecule has 2 N–H and O–H groups in total. The average Bonchev–Trinajstić information content (AvgIpc) is 2.59. The summed E-state index contributed by atoms with van der Waals surface area (Å²) in [6.45, 7) is 4.49. The Morgan fingerprint density at radius 1 is 1.67 bits per heavy atom. The first kappa shape index (κ1) is 14.4. The third-order valence-corrected chi connectivity index (χ3v) is 2.47. The standard InChI is InChI=1S/C10H17FN2O.ClH/c1-3-7(2)10(14)13-6-9-4-8(11)5-12-9;/h3,8-9,12H,4-6H2,1-2H3,(H,13,14);1H/b7-3-;/t8-,9-;/m0./s1. The molecule has 0 aromatic heterocycles. The van der Waals surface area contributed by atoms with Crippen LogP contribution >= 0.6 is 12.4 Å². The summed E-state index contributed by atoms with van der Waals surface area (Å²) >= 11 is 0. The molecule has 1 rings (SSSR count). The van der Waals surface area contributed by atoms with Crippen molar-refractivity contribution < 1.29 is 9.18 Å². The van der Waals surface area contributed by atoms with E-state index in [9.17, 15) is 9.18 Å². The van der Waals surface area contributed by atoms with Crippen LogP contribution in [0.1, 0.15) is 20.3 Å². The molecule has 0 radical (unpaired) electrons. The van der Waals surface area contributed by atoms with Gasteiger partial charge in [0.05, 0.1) is 0 Å². The second-order valence-electron chi connectivity index (χ2n) is 3.62. The highest BCUT2D eigenvalue weighted by molar-refractivity contribution is 5.92. The van der Waals surface area contributed by atoms with Gasteiger partial charge in [0.25, 0.3) is 0 Å². The van der Waals surface area contributed by atoms with E-state index in [-0.39, 0.29) is 24.4 Å². The Bertz CT molecular complexity index is 246. The van der Waals surface area contributed by atoms with E-state index in [1.54, 1.807) is 13.0 Å². The SMILES string of the molecule is C/C=C(/C)C(=O)NC[C@@H]1C[C@H](F)CN1.Cl. The highest BCUT2D eigenvalue weighted by atomic mass is 35.5. The zero-order valence-electron chi connectivity index (χ0n) is 9.05. The van der Waals surface area contributed by atoms with Gasteiger partial charge in [-0.1, -0.05) is 6.08 Å². The largest absolute Gasteiger partial charge is 0.351 e. The molecule has 0 aliphatic carbocycles. The first-order valence-electron chi connectivity index (χ1n) is 4.92. The number of carbonyl (C=O) groups is 1. The number of allylic oxidation sites excluding steroid dienone is 1. The van der Waals surface area contributed by atoms with E-state index >= 15 is 0 Å². The quantitative estimate of drug-likeness (QED) is 0.723. The normalized spacial score (nSPS) is 25.9. The number of carbonyl (C=O) groups excluding carboxylic acids is 1. The lowest BCUT2D eigenvalue weighted by Gasteiger charge is -2.11. The molecule has 1 aliphatic heterocycles. The van der Waals surface area contributed by atoms with Crippen LogP contribution in [0.4, 0.5) is 4.39 Å². The van der Waals surface area contributed by atoms with E-state index in [1.165, 1.54) is 0 Å². The van der Waals surface area contributed by atoms with Crippen LogP contribution in [-0.2, 0) is 4.79 Å². The van der Waals surface area contributed by atoms with Crippen molar-refractivity contribution in [1.29, 1.82) is 0 Å². The maximum absolute atomic E-state index is 12.7. The van der Waals surface area contributed by atoms with Crippen molar-refractivity contribution in [3.05, 3.63) is 11.6 Å². The molecule has 2 atom stereocenters. The minimum Gasteiger partial charge on any atom is -0.351 e. The topological polar surface area (TPSA) is 41.1 Å². The first-order chi connectivity index (χ1) is 6.63. The summed E-state index contributed by atoms with van der Waals surface area (Å²) in [7, 11) is 0. The zero-order chi connectivity index (χ0) is 10.6. The van der Waals surface area contributed by atoms with Crippen molar-refractivity contribution in [2.45, 2.75) is 32.5 Å². The van der Waals surface area contributed by atoms with Crippen LogP contribution in [0.15, 0.2) is 11.6 Å². The molecule has 1 amide bonds. The van der Waals surface area contributed by atoms with Crippen LogP contribution in [0.5, 0.6) is 0 Å². The molecule has 3 nitrogen and oxygen atoms in total. The lowest BCUT2D eigenvalue weighted by molar-refractivity contribution is -0.117. The van der Waals surface area contributed by atoms with E-state index in [0.29, 0.717) is 25.1 Å². The van der Waals surface area contributed by atoms with Gasteiger partial charge in [0.1, 0.15) is 6.17 Å². The van der Waals surface area contributed by atoms with Crippen LogP contribution in [0.2, 0.25) is 0 Å². The molecule has 15 heavy (non-hydrogen) atoms. The van der Waals surface area contributed by atoms with E-state index in [0.717, 1.165) is 0 Å². The minimum atomic E-state index is -0.764. The van der Waals surface area contributed by atoms with Crippen LogP contribution in [0.25, 0.3) is 0 Å². The van der Waals surface area contributed by atoms with Gasteiger partial charge in [0.2, 0.25) is 5.91 Å². The van der Waals surface area contributed by atoms with Crippen LogP contribution in [-0.4, -0.2) is 31.2 Å². The van der Waals surface area contributed by atoms with Gasteiger partial charge >= 0.3 is 0 Å². The number of amides is 1. The Morgan fingerprint density at radius 2 is 2.33 bits per heavy atom. The van der Waals surface area contributed by atoms with Crippen molar-refractivity contribution in [2.75, 3.05) is 13.1 Å². The Labute approximate surface area is 95.9 Å². The van der Waals surface area contributed by atoms with E-state index in [1.807, 2.05) is 6.92 Å². The van der Waals surface area contributed by atoms with Crippen LogP contribution < -0.4 is 10.6 Å². The summed E-state index contributed by atoms with van der Waals surface area (Å²) in [5, 5.41) is 5.77. The summed E-state index contributed by atoms with van der Waals surface area (Å²) in [6, 6.07) is 0.0820. The number of halogens is 2. The zero-order valence-corrected chi connectivity index (χ0v) is 9.86. The Hall–Kier alpha value is -0.610. The molecule has 1 heterocycles. The molecule has 1 fully saturated rings. The van der Waals surface area contributed by atoms with Crippen molar-refractivity contribution in [2.24, 2.45) is 0 Å². The molecule has 1 aliphatic rings. The molecule has 88 valence electrons. The fourth-order valence-corrected chi connectivity index (χ4v) is 1.41. The predicted molar refractivity (Wildman–Crippen MR) is 61.0 cm³/mol. The maximum atomic E-state index is 12.7. The molecule has 0 spiro atoms. The molecule has 5 heteroatoms. The molecular weight excluding hydrogens is 219 g/mol. The molecule has 0 saturated carbocycles. The fraction of sp³-hybridized carbons (Fsp3) is 0.700. The van der Waals surface area contributed by atoms with Crippen molar-refractivity contribution >= 4 is 18.3 Å². The minimum absolute atomic E-state index is 0. The Balaban J connectivity index is 0.00000196. The Kier molecular flexibility index (Phi) is 6.52. The molecule has 0 aromatic carbocycles. The molecule has 0 unspecified atom stereocenters. The average molecular weight is 237 g/mol. The number of alkyl halides is 1. The highest BCUT2D eigenvalue weighted by Crippen LogP contribution is 2.08. The first-order valence-corrected chi connectivity index (χ1v) is 4.92. The molecule has 0 bridgehead atoms. The second kappa shape index (κ2) is 6.80. The molecular formula is C10H18ClFN2O. The summed E-state index contributed by atoms with van der Waals surface area (Å²) in [4.78, 5) is 11.3. The number of rotatable bonds is 3. The van der Waals surface area contributed by atoms with Gasteiger partial charge in [0.15, 0.2) is 0 Å². The third kappa shape index (κ3) is 4.62. The fourth-order valence-electron chi connectivity index (χ4n) is 1.41. The summed E-state index contributed by atoms with van der Waals surface area (Å²) in [5.74, 6) is -0.0726. The number of hydrogen-bond donors (Lipinski definition) is 2. The van der Waals surface area contributed by atoms with Crippen LogP contribution in [0, 0.1) is 0 Å². The Morgan fingerprint density at radius 3 is 2.80 bits per heavy atom. The smallest absolute Gasteiger partial charge is 0.246 e. The highest BCUT2D eigenvalue weighted by Gasteiger charge is 2.23. The van der Waals surface area contributed by atoms with Gasteiger partial charge < -0.3 is 10.6 Å². The van der Waals surface area contributed by atoms with Crippen LogP contribution in [0.3, 0.4) is 0 Å². The van der Waals surface area contributed by atoms with Gasteiger partial charge in [-0.2, -0.15) is 0 Å². The third-order valence-electron chi connectivity index (χ3n) is 2.47. The van der Waals surface area contributed by atoms with Crippen molar-refractivity contribution in [3.8, 4) is 0 Å². The van der Waals surface area contributed by atoms with Crippen molar-refractivity contribution in [1.82, 2.24) is 10.6 Å². The maximum Gasteiger partial charge on any atom is 0.246 e. The summed E-state index contributed by atoms with van der Waals surface area (Å²) < 4.78 is 12.7. The van der Waals surface area contributed by atoms with Gasteiger partial charge in [0, 0.05) is 24.7 Å². The van der Waals surface area contributed by atoms with Gasteiger partial charge in [-0.3, -0.25) is 4.79 Å². The monoisotopic (exact) mass is 236 g/mol. The van der Waals surface area contributed by atoms with E-state index < -0.39 is 6.17 Å². The number of hydrogen-bond acceptors (Lipinski definition) is 2. The van der Waals surface area contributed by atoms with Gasteiger partial charge in [-0.05, 0) is 20.3 Å². The van der Waals surface area contributed by atoms with Gasteiger partial charge in [-0.15, -0.1) is 12.4 Å². The number of nitrogens with one attached hydrogen (secondary N) is 2. The van der Waals surface area contributed by atoms with Gasteiger partial charge in [-0.25, -0.2) is 4.39 Å². The predicted octanol–water partition coefficient (Wildman–Crippen LogP) is 1.19. The van der Waals surface area contributed by atoms with Crippen molar-refractivity contribution in [3.63, 3.8) is 0 Å². The lowest BCUT2D eigenvalue weighted by atomic mass is 10.2. The molecule has 0 aromatic rings. The van der Waals surface area contributed by atoms with E-state index in [4.69, 9.17) is 0 Å². The lowest BCUT2D eigenvalue weighted by Crippen LogP contribution is -2.37. The summed E-state index contributed by atoms with van der Waals surface area (Å²) in [5.41, 5.74) is 0.694.